The predicted molar refractivity (Wildman–Crippen MR) is 59.2 cm³/mol. The highest BCUT2D eigenvalue weighted by atomic mass is 32.1. The molecule has 2 heteroatoms. The summed E-state index contributed by atoms with van der Waals surface area (Å²) in [6.07, 6.45) is 1.82. The molecule has 0 bridgehead atoms. The lowest BCUT2D eigenvalue weighted by molar-refractivity contribution is 0.778. The Morgan fingerprint density at radius 3 is 2.00 bits per heavy atom. The van der Waals surface area contributed by atoms with Gasteiger partial charge in [0.15, 0.2) is 0 Å². The second kappa shape index (κ2) is 5.31. The van der Waals surface area contributed by atoms with Gasteiger partial charge < -0.3 is 5.73 Å². The monoisotopic (exact) mass is 185 g/mol. The van der Waals surface area contributed by atoms with E-state index in [9.17, 15) is 0 Å². The van der Waals surface area contributed by atoms with Crippen LogP contribution in [-0.4, -0.2) is 4.86 Å². The second-order valence-electron chi connectivity index (χ2n) is 3.22. The summed E-state index contributed by atoms with van der Waals surface area (Å²) >= 11 is 5.26. The number of hydrogen-bond acceptors (Lipinski definition) is 2. The minimum atomic E-state index is 0.456. The van der Waals surface area contributed by atoms with Crippen LogP contribution in [-0.2, 0) is 0 Å². The highest BCUT2D eigenvalue weighted by Crippen LogP contribution is 2.17. The second-order valence-corrected chi connectivity index (χ2v) is 3.72. The lowest BCUT2D eigenvalue weighted by Gasteiger charge is -2.14. The Morgan fingerprint density at radius 2 is 1.75 bits per heavy atom. The van der Waals surface area contributed by atoms with Gasteiger partial charge in [0.05, 0.1) is 0 Å². The molecule has 0 aliphatic carbocycles. The molecule has 0 fully saturated rings. The molecule has 0 aliphatic heterocycles. The first-order chi connectivity index (χ1) is 5.54. The highest BCUT2D eigenvalue weighted by molar-refractivity contribution is 7.80. The minimum absolute atomic E-state index is 0.456. The number of nitrogens with two attached hydrogens (primary N) is 1. The minimum Gasteiger partial charge on any atom is -0.402 e. The van der Waals surface area contributed by atoms with Crippen molar-refractivity contribution in [1.82, 2.24) is 0 Å². The molecule has 12 heavy (non-hydrogen) atoms. The third-order valence-corrected chi connectivity index (χ3v) is 2.43. The van der Waals surface area contributed by atoms with Gasteiger partial charge in [0.1, 0.15) is 0 Å². The van der Waals surface area contributed by atoms with Gasteiger partial charge in [-0.25, -0.2) is 0 Å². The van der Waals surface area contributed by atoms with Gasteiger partial charge in [0, 0.05) is 10.6 Å². The van der Waals surface area contributed by atoms with Crippen molar-refractivity contribution >= 4 is 17.1 Å². The van der Waals surface area contributed by atoms with Crippen molar-refractivity contribution < 1.29 is 0 Å². The zero-order valence-corrected chi connectivity index (χ0v) is 9.29. The van der Waals surface area contributed by atoms with Gasteiger partial charge >= 0.3 is 0 Å². The molecule has 1 nitrogen and oxygen atoms in total. The molecule has 0 rings (SSSR count). The number of allylic oxidation sites excluding steroid dienone is 2. The van der Waals surface area contributed by atoms with Crippen LogP contribution in [0.4, 0.5) is 0 Å². The molecule has 0 amide bonds. The van der Waals surface area contributed by atoms with E-state index >= 15 is 0 Å². The molecule has 0 aromatic carbocycles. The van der Waals surface area contributed by atoms with Gasteiger partial charge in [-0.2, -0.15) is 0 Å². The molecule has 0 saturated carbocycles. The van der Waals surface area contributed by atoms with Gasteiger partial charge in [-0.1, -0.05) is 39.9 Å². The number of hydrogen-bond donors (Lipinski definition) is 1. The Morgan fingerprint density at radius 1 is 1.25 bits per heavy atom. The molecule has 0 aliphatic rings. The summed E-state index contributed by atoms with van der Waals surface area (Å²) in [6, 6.07) is 0. The Kier molecular flexibility index (Phi) is 5.14. The zero-order chi connectivity index (χ0) is 9.72. The van der Waals surface area contributed by atoms with E-state index in [2.05, 4.69) is 27.7 Å². The summed E-state index contributed by atoms with van der Waals surface area (Å²) in [5.74, 6) is 0.456. The van der Waals surface area contributed by atoms with Crippen molar-refractivity contribution in [1.29, 1.82) is 0 Å². The maximum Gasteiger partial charge on any atom is 0.0201 e. The van der Waals surface area contributed by atoms with Crippen LogP contribution in [0, 0.1) is 5.92 Å². The van der Waals surface area contributed by atoms with Crippen LogP contribution >= 0.6 is 12.2 Å². The van der Waals surface area contributed by atoms with Crippen molar-refractivity contribution in [3.05, 3.63) is 11.3 Å². The van der Waals surface area contributed by atoms with E-state index < -0.39 is 0 Å². The van der Waals surface area contributed by atoms with Crippen molar-refractivity contribution in [2.24, 2.45) is 11.7 Å². The van der Waals surface area contributed by atoms with E-state index in [-0.39, 0.29) is 0 Å². The Balaban J connectivity index is 4.78. The van der Waals surface area contributed by atoms with Gasteiger partial charge in [0.25, 0.3) is 0 Å². The molecule has 0 saturated heterocycles. The van der Waals surface area contributed by atoms with Crippen LogP contribution in [0.1, 0.15) is 40.5 Å². The SMILES string of the molecule is CCC(=S)C(=C(N)CC)C(C)C. The Labute approximate surface area is 81.0 Å². The van der Waals surface area contributed by atoms with Crippen molar-refractivity contribution in [3.8, 4) is 0 Å². The van der Waals surface area contributed by atoms with Gasteiger partial charge in [-0.3, -0.25) is 0 Å². The standard InChI is InChI=1S/C10H19NS/c1-5-8(11)10(7(3)4)9(12)6-2/h7H,5-6,11H2,1-4H3. The maximum atomic E-state index is 5.89. The topological polar surface area (TPSA) is 26.0 Å². The molecular weight excluding hydrogens is 166 g/mol. The lowest BCUT2D eigenvalue weighted by Crippen LogP contribution is -2.13. The van der Waals surface area contributed by atoms with E-state index in [1.807, 2.05) is 0 Å². The summed E-state index contributed by atoms with van der Waals surface area (Å²) in [5.41, 5.74) is 8.03. The van der Waals surface area contributed by atoms with Crippen LogP contribution in [0.15, 0.2) is 11.3 Å². The van der Waals surface area contributed by atoms with Crippen LogP contribution in [0.3, 0.4) is 0 Å². The first-order valence-electron chi connectivity index (χ1n) is 4.56. The quantitative estimate of drug-likeness (QED) is 0.538. The fraction of sp³-hybridized carbons (Fsp3) is 0.700. The van der Waals surface area contributed by atoms with Crippen LogP contribution in [0.5, 0.6) is 0 Å². The molecule has 0 heterocycles. The highest BCUT2D eigenvalue weighted by Gasteiger charge is 2.10. The maximum absolute atomic E-state index is 5.89. The van der Waals surface area contributed by atoms with E-state index in [4.69, 9.17) is 18.0 Å². The van der Waals surface area contributed by atoms with E-state index in [1.165, 1.54) is 5.57 Å². The summed E-state index contributed by atoms with van der Waals surface area (Å²) in [6.45, 7) is 8.42. The normalized spacial score (nSPS) is 13.1. The van der Waals surface area contributed by atoms with Crippen molar-refractivity contribution in [2.45, 2.75) is 40.5 Å². The Bertz CT molecular complexity index is 192. The fourth-order valence-corrected chi connectivity index (χ4v) is 1.62. The molecule has 2 N–H and O–H groups in total. The first kappa shape index (κ1) is 11.6. The molecule has 0 radical (unpaired) electrons. The fourth-order valence-electron chi connectivity index (χ4n) is 1.25. The average Bonchev–Trinajstić information content (AvgIpc) is 2.03. The van der Waals surface area contributed by atoms with Crippen LogP contribution in [0.25, 0.3) is 0 Å². The largest absolute Gasteiger partial charge is 0.402 e. The molecule has 0 atom stereocenters. The number of thiocarbonyl (C=S) groups is 1. The van der Waals surface area contributed by atoms with Crippen LogP contribution in [0.2, 0.25) is 0 Å². The zero-order valence-electron chi connectivity index (χ0n) is 8.48. The van der Waals surface area contributed by atoms with E-state index in [0.717, 1.165) is 23.4 Å². The van der Waals surface area contributed by atoms with Crippen molar-refractivity contribution in [2.75, 3.05) is 0 Å². The van der Waals surface area contributed by atoms with Crippen LogP contribution < -0.4 is 5.73 Å². The van der Waals surface area contributed by atoms with Gasteiger partial charge in [-0.15, -0.1) is 0 Å². The molecular formula is C10H19NS. The van der Waals surface area contributed by atoms with Crippen molar-refractivity contribution in [3.63, 3.8) is 0 Å². The third kappa shape index (κ3) is 2.94. The molecule has 0 aromatic heterocycles. The molecule has 0 aromatic rings. The van der Waals surface area contributed by atoms with E-state index in [0.29, 0.717) is 5.92 Å². The molecule has 0 unspecified atom stereocenters. The van der Waals surface area contributed by atoms with E-state index in [1.54, 1.807) is 0 Å². The van der Waals surface area contributed by atoms with Gasteiger partial charge in [-0.05, 0) is 24.3 Å². The third-order valence-electron chi connectivity index (χ3n) is 1.93. The first-order valence-corrected chi connectivity index (χ1v) is 4.97. The predicted octanol–water partition coefficient (Wildman–Crippen LogP) is 3.05. The summed E-state index contributed by atoms with van der Waals surface area (Å²) < 4.78 is 0. The number of rotatable bonds is 4. The Hall–Kier alpha value is -0.370. The van der Waals surface area contributed by atoms with Gasteiger partial charge in [0.2, 0.25) is 0 Å². The summed E-state index contributed by atoms with van der Waals surface area (Å²) in [4.78, 5) is 1.02. The average molecular weight is 185 g/mol. The smallest absolute Gasteiger partial charge is 0.0201 e. The summed E-state index contributed by atoms with van der Waals surface area (Å²) in [7, 11) is 0. The molecule has 70 valence electrons. The lowest BCUT2D eigenvalue weighted by atomic mass is 9.95. The molecule has 0 spiro atoms. The summed E-state index contributed by atoms with van der Waals surface area (Å²) in [5, 5.41) is 0.